The van der Waals surface area contributed by atoms with E-state index in [0.29, 0.717) is 18.8 Å². The topological polar surface area (TPSA) is 84.3 Å². The number of nitrogens with one attached hydrogen (secondary N) is 1. The van der Waals surface area contributed by atoms with Gasteiger partial charge < -0.3 is 14.2 Å². The Kier molecular flexibility index (Phi) is 3.45. The molecule has 1 N–H and O–H groups in total. The van der Waals surface area contributed by atoms with E-state index >= 15 is 0 Å². The summed E-state index contributed by atoms with van der Waals surface area (Å²) in [6, 6.07) is 1.81. The summed E-state index contributed by atoms with van der Waals surface area (Å²) in [6.45, 7) is 3.94. The minimum Gasteiger partial charge on any atom is -0.368 e. The molecule has 1 fully saturated rings. The third-order valence-corrected chi connectivity index (χ3v) is 4.85. The minimum absolute atomic E-state index is 0.0802. The van der Waals surface area contributed by atoms with E-state index in [1.807, 2.05) is 24.1 Å². The summed E-state index contributed by atoms with van der Waals surface area (Å²) in [6.07, 6.45) is 4.65. The van der Waals surface area contributed by atoms with E-state index in [9.17, 15) is 4.79 Å². The van der Waals surface area contributed by atoms with Gasteiger partial charge in [0.25, 0.3) is 0 Å². The Morgan fingerprint density at radius 3 is 3.00 bits per heavy atom. The van der Waals surface area contributed by atoms with Crippen LogP contribution in [-0.4, -0.2) is 45.9 Å². The van der Waals surface area contributed by atoms with E-state index in [1.54, 1.807) is 0 Å². The molecule has 0 unspecified atom stereocenters. The van der Waals surface area contributed by atoms with Gasteiger partial charge in [0.1, 0.15) is 11.4 Å². The van der Waals surface area contributed by atoms with Crippen molar-refractivity contribution in [3.8, 4) is 0 Å². The SMILES string of the molecule is Cc1cc(CC(=O)N2CCC3(CC2)OCCc2cn[nH]c23)on1. The molecular weight excluding hydrogens is 296 g/mol. The molecule has 2 aromatic heterocycles. The van der Waals surface area contributed by atoms with Gasteiger partial charge in [-0.25, -0.2) is 0 Å². The maximum Gasteiger partial charge on any atom is 0.230 e. The van der Waals surface area contributed by atoms with Crippen LogP contribution in [0.2, 0.25) is 0 Å². The average Bonchev–Trinajstić information content (AvgIpc) is 3.18. The lowest BCUT2D eigenvalue weighted by atomic mass is 9.83. The highest BCUT2D eigenvalue weighted by atomic mass is 16.5. The highest BCUT2D eigenvalue weighted by Crippen LogP contribution is 2.40. The van der Waals surface area contributed by atoms with Crippen LogP contribution in [0.5, 0.6) is 0 Å². The predicted octanol–water partition coefficient (Wildman–Crippen LogP) is 1.34. The predicted molar refractivity (Wildman–Crippen MR) is 80.7 cm³/mol. The summed E-state index contributed by atoms with van der Waals surface area (Å²) in [7, 11) is 0. The van der Waals surface area contributed by atoms with Crippen molar-refractivity contribution in [2.24, 2.45) is 0 Å². The van der Waals surface area contributed by atoms with Gasteiger partial charge in [0.05, 0.1) is 30.6 Å². The van der Waals surface area contributed by atoms with Crippen molar-refractivity contribution >= 4 is 5.91 Å². The summed E-state index contributed by atoms with van der Waals surface area (Å²) >= 11 is 0. The Morgan fingerprint density at radius 1 is 1.43 bits per heavy atom. The number of rotatable bonds is 2. The Bertz CT molecular complexity index is 712. The number of piperidine rings is 1. The van der Waals surface area contributed by atoms with Crippen molar-refractivity contribution in [1.82, 2.24) is 20.3 Å². The number of hydrogen-bond acceptors (Lipinski definition) is 5. The molecule has 0 bridgehead atoms. The monoisotopic (exact) mass is 316 g/mol. The molecule has 23 heavy (non-hydrogen) atoms. The number of fused-ring (bicyclic) bond motifs is 2. The molecule has 2 aliphatic heterocycles. The molecule has 0 aliphatic carbocycles. The number of ether oxygens (including phenoxy) is 1. The van der Waals surface area contributed by atoms with Crippen LogP contribution in [0.3, 0.4) is 0 Å². The lowest BCUT2D eigenvalue weighted by molar-refractivity contribution is -0.140. The van der Waals surface area contributed by atoms with Crippen LogP contribution < -0.4 is 0 Å². The minimum atomic E-state index is -0.302. The molecule has 1 spiro atoms. The number of nitrogens with zero attached hydrogens (tertiary/aromatic N) is 3. The molecule has 0 aromatic carbocycles. The average molecular weight is 316 g/mol. The Labute approximate surface area is 134 Å². The lowest BCUT2D eigenvalue weighted by Crippen LogP contribution is -2.48. The van der Waals surface area contributed by atoms with E-state index in [4.69, 9.17) is 9.26 Å². The van der Waals surface area contributed by atoms with Crippen molar-refractivity contribution in [2.75, 3.05) is 19.7 Å². The van der Waals surface area contributed by atoms with Crippen LogP contribution in [0, 0.1) is 6.92 Å². The number of carbonyl (C=O) groups is 1. The van der Waals surface area contributed by atoms with Crippen LogP contribution in [0.4, 0.5) is 0 Å². The fraction of sp³-hybridized carbons (Fsp3) is 0.562. The standard InChI is InChI=1S/C16H20N4O3/c1-11-8-13(23-19-11)9-14(21)20-5-3-16(4-6-20)15-12(2-7-22-16)10-17-18-15/h8,10H,2-7,9H2,1H3,(H,17,18). The van der Waals surface area contributed by atoms with Crippen LogP contribution in [0.1, 0.15) is 35.6 Å². The Hall–Kier alpha value is -2.15. The highest BCUT2D eigenvalue weighted by Gasteiger charge is 2.43. The number of H-pyrrole nitrogens is 1. The smallest absolute Gasteiger partial charge is 0.230 e. The van der Waals surface area contributed by atoms with Crippen molar-refractivity contribution in [1.29, 1.82) is 0 Å². The second-order valence-electron chi connectivity index (χ2n) is 6.36. The third-order valence-electron chi connectivity index (χ3n) is 4.85. The second kappa shape index (κ2) is 5.49. The number of likely N-dealkylation sites (tertiary alicyclic amines) is 1. The molecule has 2 aliphatic rings. The molecular formula is C16H20N4O3. The fourth-order valence-corrected chi connectivity index (χ4v) is 3.60. The zero-order valence-electron chi connectivity index (χ0n) is 13.2. The normalized spacial score (nSPS) is 19.8. The van der Waals surface area contributed by atoms with E-state index in [2.05, 4.69) is 15.4 Å². The van der Waals surface area contributed by atoms with Crippen molar-refractivity contribution < 1.29 is 14.1 Å². The van der Waals surface area contributed by atoms with Crippen LogP contribution in [0.15, 0.2) is 16.8 Å². The number of amides is 1. The largest absolute Gasteiger partial charge is 0.368 e. The second-order valence-corrected chi connectivity index (χ2v) is 6.36. The molecule has 0 radical (unpaired) electrons. The first-order valence-electron chi connectivity index (χ1n) is 8.03. The van der Waals surface area contributed by atoms with Crippen LogP contribution >= 0.6 is 0 Å². The molecule has 7 nitrogen and oxygen atoms in total. The van der Waals surface area contributed by atoms with E-state index in [0.717, 1.165) is 37.3 Å². The third kappa shape index (κ3) is 2.55. The summed E-state index contributed by atoms with van der Waals surface area (Å²) in [4.78, 5) is 14.3. The molecule has 0 saturated carbocycles. The maximum absolute atomic E-state index is 12.4. The maximum atomic E-state index is 12.4. The number of aromatic amines is 1. The molecule has 1 amide bonds. The molecule has 4 heterocycles. The lowest BCUT2D eigenvalue weighted by Gasteiger charge is -2.43. The number of carbonyl (C=O) groups excluding carboxylic acids is 1. The summed E-state index contributed by atoms with van der Waals surface area (Å²) < 4.78 is 11.2. The number of aryl methyl sites for hydroxylation is 1. The zero-order valence-corrected chi connectivity index (χ0v) is 13.2. The van der Waals surface area contributed by atoms with Crippen molar-refractivity contribution in [3.63, 3.8) is 0 Å². The molecule has 7 heteroatoms. The molecule has 122 valence electrons. The van der Waals surface area contributed by atoms with E-state index in [1.165, 1.54) is 5.56 Å². The van der Waals surface area contributed by atoms with E-state index < -0.39 is 0 Å². The van der Waals surface area contributed by atoms with Crippen LogP contribution in [0.25, 0.3) is 0 Å². The summed E-state index contributed by atoms with van der Waals surface area (Å²) in [5.41, 5.74) is 2.84. The first-order valence-corrected chi connectivity index (χ1v) is 8.03. The van der Waals surface area contributed by atoms with Gasteiger partial charge >= 0.3 is 0 Å². The van der Waals surface area contributed by atoms with Gasteiger partial charge in [-0.1, -0.05) is 5.16 Å². The Morgan fingerprint density at radius 2 is 2.26 bits per heavy atom. The van der Waals surface area contributed by atoms with Gasteiger partial charge in [-0.15, -0.1) is 0 Å². The van der Waals surface area contributed by atoms with Gasteiger partial charge in [0.15, 0.2) is 0 Å². The zero-order chi connectivity index (χ0) is 15.9. The van der Waals surface area contributed by atoms with Gasteiger partial charge in [-0.05, 0) is 31.7 Å². The van der Waals surface area contributed by atoms with Gasteiger partial charge in [-0.2, -0.15) is 5.10 Å². The number of hydrogen-bond donors (Lipinski definition) is 1. The molecule has 1 saturated heterocycles. The Balaban J connectivity index is 1.43. The first-order chi connectivity index (χ1) is 11.2. The highest BCUT2D eigenvalue weighted by molar-refractivity contribution is 5.78. The van der Waals surface area contributed by atoms with E-state index in [-0.39, 0.29) is 17.9 Å². The van der Waals surface area contributed by atoms with Crippen molar-refractivity contribution in [3.05, 3.63) is 35.0 Å². The first kappa shape index (κ1) is 14.4. The summed E-state index contributed by atoms with van der Waals surface area (Å²) in [5.74, 6) is 0.703. The molecule has 0 atom stereocenters. The van der Waals surface area contributed by atoms with Gasteiger partial charge in [0, 0.05) is 19.2 Å². The molecule has 4 rings (SSSR count). The summed E-state index contributed by atoms with van der Waals surface area (Å²) in [5, 5.41) is 11.1. The fourth-order valence-electron chi connectivity index (χ4n) is 3.60. The molecule has 2 aromatic rings. The van der Waals surface area contributed by atoms with Gasteiger partial charge in [0.2, 0.25) is 5.91 Å². The number of aromatic nitrogens is 3. The van der Waals surface area contributed by atoms with Crippen molar-refractivity contribution in [2.45, 2.75) is 38.2 Å². The van der Waals surface area contributed by atoms with Gasteiger partial charge in [-0.3, -0.25) is 9.89 Å². The van der Waals surface area contributed by atoms with Crippen LogP contribution in [-0.2, 0) is 28.0 Å². The quantitative estimate of drug-likeness (QED) is 0.904.